The minimum absolute atomic E-state index is 0.263. The Kier molecular flexibility index (Phi) is 5.80. The molecule has 178 valence electrons. The van der Waals surface area contributed by atoms with Crippen LogP contribution in [0.1, 0.15) is 34.3 Å². The maximum atomic E-state index is 13.4. The highest BCUT2D eigenvalue weighted by molar-refractivity contribution is 7.23. The Balaban J connectivity index is 1.40. The second kappa shape index (κ2) is 9.11. The molecule has 0 unspecified atom stereocenters. The number of hydrogen-bond acceptors (Lipinski definition) is 7. The second-order valence-electron chi connectivity index (χ2n) is 8.66. The number of nitrogens with zero attached hydrogens (tertiary/aromatic N) is 2. The Morgan fingerprint density at radius 2 is 2.09 bits per heavy atom. The molecule has 0 saturated carbocycles. The first kappa shape index (κ1) is 22.3. The molecule has 1 aliphatic rings. The van der Waals surface area contributed by atoms with E-state index in [9.17, 15) is 4.79 Å². The van der Waals surface area contributed by atoms with E-state index < -0.39 is 0 Å². The molecule has 3 aromatic heterocycles. The monoisotopic (exact) mass is 503 g/mol. The van der Waals surface area contributed by atoms with Crippen molar-refractivity contribution < 1.29 is 13.9 Å². The lowest BCUT2D eigenvalue weighted by Crippen LogP contribution is -2.30. The van der Waals surface area contributed by atoms with Gasteiger partial charge < -0.3 is 14.5 Å². The van der Waals surface area contributed by atoms with Crippen LogP contribution in [0.25, 0.3) is 31.8 Å². The predicted molar refractivity (Wildman–Crippen MR) is 143 cm³/mol. The third kappa shape index (κ3) is 4.01. The van der Waals surface area contributed by atoms with Gasteiger partial charge in [0, 0.05) is 28.9 Å². The zero-order chi connectivity index (χ0) is 23.9. The summed E-state index contributed by atoms with van der Waals surface area (Å²) in [7, 11) is 1.60. The maximum absolute atomic E-state index is 13.4. The van der Waals surface area contributed by atoms with Gasteiger partial charge in [-0.25, -0.2) is 4.98 Å². The van der Waals surface area contributed by atoms with Gasteiger partial charge in [0.2, 0.25) is 0 Å². The molecule has 1 amide bonds. The topological polar surface area (TPSA) is 67.6 Å². The number of furan rings is 1. The van der Waals surface area contributed by atoms with Crippen LogP contribution in [-0.2, 0) is 13.0 Å². The largest absolute Gasteiger partial charge is 0.493 e. The Bertz CT molecular complexity index is 1520. The molecule has 35 heavy (non-hydrogen) atoms. The van der Waals surface area contributed by atoms with Crippen molar-refractivity contribution in [2.75, 3.05) is 25.5 Å². The standard InChI is InChI=1S/C27H25N3O3S2/c1-3-12-30-13-11-17-22(15-30)35-27(23(17)26-28-18-8-4-5-10-21(18)34-26)29-25(31)20-14-16-7-6-9-19(32-2)24(16)33-20/h4-10,14H,3,11-13,15H2,1-2H3,(H,29,31). The van der Waals surface area contributed by atoms with E-state index in [0.717, 1.165) is 63.7 Å². The van der Waals surface area contributed by atoms with Crippen LogP contribution in [0.5, 0.6) is 5.75 Å². The number of fused-ring (bicyclic) bond motifs is 3. The van der Waals surface area contributed by atoms with Crippen LogP contribution in [0.15, 0.2) is 52.9 Å². The zero-order valence-electron chi connectivity index (χ0n) is 19.6. The molecule has 0 atom stereocenters. The number of aromatic nitrogens is 1. The molecule has 6 nitrogen and oxygen atoms in total. The third-order valence-corrected chi connectivity index (χ3v) is 8.55. The summed E-state index contributed by atoms with van der Waals surface area (Å²) in [6.07, 6.45) is 2.08. The summed E-state index contributed by atoms with van der Waals surface area (Å²) in [5.74, 6) is 0.604. The number of anilines is 1. The van der Waals surface area contributed by atoms with E-state index >= 15 is 0 Å². The van der Waals surface area contributed by atoms with Crippen LogP contribution in [0, 0.1) is 0 Å². The number of carbonyl (C=O) groups excluding carboxylic acids is 1. The number of thiazole rings is 1. The van der Waals surface area contributed by atoms with Gasteiger partial charge in [0.25, 0.3) is 5.91 Å². The van der Waals surface area contributed by atoms with E-state index in [4.69, 9.17) is 14.1 Å². The highest BCUT2D eigenvalue weighted by Gasteiger charge is 2.28. The van der Waals surface area contributed by atoms with E-state index in [-0.39, 0.29) is 11.7 Å². The third-order valence-electron chi connectivity index (χ3n) is 6.36. The molecule has 6 rings (SSSR count). The first-order valence-electron chi connectivity index (χ1n) is 11.8. The minimum Gasteiger partial charge on any atom is -0.493 e. The van der Waals surface area contributed by atoms with Crippen molar-refractivity contribution in [3.8, 4) is 16.3 Å². The molecule has 0 saturated heterocycles. The van der Waals surface area contributed by atoms with Crippen LogP contribution in [0.4, 0.5) is 5.00 Å². The van der Waals surface area contributed by atoms with Crippen molar-refractivity contribution in [3.63, 3.8) is 0 Å². The van der Waals surface area contributed by atoms with Gasteiger partial charge in [-0.15, -0.1) is 22.7 Å². The van der Waals surface area contributed by atoms with Gasteiger partial charge in [0.15, 0.2) is 17.1 Å². The molecule has 0 spiro atoms. The average molecular weight is 504 g/mol. The molecular weight excluding hydrogens is 478 g/mol. The number of thiophene rings is 1. The van der Waals surface area contributed by atoms with Gasteiger partial charge in [0.05, 0.1) is 17.3 Å². The molecule has 0 aliphatic carbocycles. The molecule has 1 N–H and O–H groups in total. The Labute approximate surface area is 211 Å². The van der Waals surface area contributed by atoms with Crippen LogP contribution < -0.4 is 10.1 Å². The maximum Gasteiger partial charge on any atom is 0.292 e. The fourth-order valence-corrected chi connectivity index (χ4v) is 7.13. The zero-order valence-corrected chi connectivity index (χ0v) is 21.2. The van der Waals surface area contributed by atoms with Crippen LogP contribution in [0.3, 0.4) is 0 Å². The molecule has 1 aliphatic heterocycles. The average Bonchev–Trinajstić information content (AvgIpc) is 3.57. The summed E-state index contributed by atoms with van der Waals surface area (Å²) in [4.78, 5) is 22.1. The number of methoxy groups -OCH3 is 1. The fourth-order valence-electron chi connectivity index (χ4n) is 4.73. The SMILES string of the molecule is CCCN1CCc2c(sc(NC(=O)c3cc4cccc(OC)c4o3)c2-c2nc3ccccc3s2)C1. The molecule has 4 heterocycles. The van der Waals surface area contributed by atoms with Crippen molar-refractivity contribution in [3.05, 3.63) is 64.7 Å². The highest BCUT2D eigenvalue weighted by Crippen LogP contribution is 2.46. The van der Waals surface area contributed by atoms with Gasteiger partial charge in [-0.1, -0.05) is 31.2 Å². The Morgan fingerprint density at radius 1 is 1.20 bits per heavy atom. The number of hydrogen-bond donors (Lipinski definition) is 1. The van der Waals surface area contributed by atoms with Crippen LogP contribution in [0.2, 0.25) is 0 Å². The van der Waals surface area contributed by atoms with Crippen LogP contribution >= 0.6 is 22.7 Å². The number of amides is 1. The number of carbonyl (C=O) groups is 1. The van der Waals surface area contributed by atoms with E-state index in [1.54, 1.807) is 35.8 Å². The summed E-state index contributed by atoms with van der Waals surface area (Å²) in [6.45, 7) is 5.22. The van der Waals surface area contributed by atoms with Crippen LogP contribution in [-0.4, -0.2) is 36.0 Å². The predicted octanol–water partition coefficient (Wildman–Crippen LogP) is 6.80. The number of benzene rings is 2. The van der Waals surface area contributed by atoms with Crippen molar-refractivity contribution in [2.24, 2.45) is 0 Å². The minimum atomic E-state index is -0.269. The number of rotatable bonds is 6. The molecule has 2 aromatic carbocycles. The first-order chi connectivity index (χ1) is 17.1. The van der Waals surface area contributed by atoms with Gasteiger partial charge in [0.1, 0.15) is 10.0 Å². The van der Waals surface area contributed by atoms with Gasteiger partial charge in [-0.3, -0.25) is 9.69 Å². The molecule has 0 radical (unpaired) electrons. The normalized spacial score (nSPS) is 13.9. The molecule has 5 aromatic rings. The van der Waals surface area contributed by atoms with Crippen molar-refractivity contribution in [1.82, 2.24) is 9.88 Å². The van der Waals surface area contributed by atoms with E-state index in [1.165, 1.54) is 10.4 Å². The van der Waals surface area contributed by atoms with Gasteiger partial charge in [-0.05, 0) is 49.2 Å². The lowest BCUT2D eigenvalue weighted by molar-refractivity contribution is 0.0999. The smallest absolute Gasteiger partial charge is 0.292 e. The molecule has 0 fully saturated rings. The molecule has 8 heteroatoms. The molecular formula is C27H25N3O3S2. The summed E-state index contributed by atoms with van der Waals surface area (Å²) in [5, 5.41) is 5.79. The van der Waals surface area contributed by atoms with Crippen molar-refractivity contribution in [1.29, 1.82) is 0 Å². The van der Waals surface area contributed by atoms with E-state index in [0.29, 0.717) is 11.3 Å². The summed E-state index contributed by atoms with van der Waals surface area (Å²) >= 11 is 3.34. The fraction of sp³-hybridized carbons (Fsp3) is 0.259. The van der Waals surface area contributed by atoms with E-state index in [2.05, 4.69) is 23.2 Å². The van der Waals surface area contributed by atoms with Crippen molar-refractivity contribution in [2.45, 2.75) is 26.3 Å². The lowest BCUT2D eigenvalue weighted by atomic mass is 10.0. The quantitative estimate of drug-likeness (QED) is 0.276. The highest BCUT2D eigenvalue weighted by atomic mass is 32.1. The number of ether oxygens (including phenoxy) is 1. The summed E-state index contributed by atoms with van der Waals surface area (Å²) in [5.41, 5.74) is 3.93. The first-order valence-corrected chi connectivity index (χ1v) is 13.4. The number of para-hydroxylation sites is 2. The summed E-state index contributed by atoms with van der Waals surface area (Å²) in [6, 6.07) is 15.6. The lowest BCUT2D eigenvalue weighted by Gasteiger charge is -2.26. The van der Waals surface area contributed by atoms with Gasteiger partial charge >= 0.3 is 0 Å². The van der Waals surface area contributed by atoms with Crippen molar-refractivity contribution >= 4 is 54.8 Å². The second-order valence-corrected chi connectivity index (χ2v) is 10.8. The summed E-state index contributed by atoms with van der Waals surface area (Å²) < 4.78 is 12.5. The Morgan fingerprint density at radius 3 is 2.91 bits per heavy atom. The van der Waals surface area contributed by atoms with E-state index in [1.807, 2.05) is 36.4 Å². The number of nitrogens with one attached hydrogen (secondary N) is 1. The van der Waals surface area contributed by atoms with Gasteiger partial charge in [-0.2, -0.15) is 0 Å². The molecule has 0 bridgehead atoms. The Hall–Kier alpha value is -3.20.